The first-order chi connectivity index (χ1) is 2.81. The van der Waals surface area contributed by atoms with Crippen molar-refractivity contribution in [1.29, 1.82) is 0 Å². The molecule has 0 heterocycles. The molecule has 1 nitrogen and oxygen atoms in total. The van der Waals surface area contributed by atoms with E-state index in [4.69, 9.17) is 0 Å². The standard InChI is InChI=1S/C4H6OS/c1-3-6(5)4-2/h3-4H,1-2H2/i1+1,2+1,3+1,4+1. The molecule has 0 aliphatic heterocycles. The SMILES string of the molecule is [13CH2]=[13CH]S(=O)[13CH]=[13CH2]. The van der Waals surface area contributed by atoms with Crippen molar-refractivity contribution >= 4 is 10.8 Å². The van der Waals surface area contributed by atoms with Crippen molar-refractivity contribution in [3.8, 4) is 0 Å². The Morgan fingerprint density at radius 1 is 1.33 bits per heavy atom. The summed E-state index contributed by atoms with van der Waals surface area (Å²) in [6, 6.07) is 0. The minimum absolute atomic E-state index is 1.01. The van der Waals surface area contributed by atoms with E-state index in [2.05, 4.69) is 13.2 Å². The molecular weight excluding hydrogens is 100 g/mol. The van der Waals surface area contributed by atoms with Crippen LogP contribution in [-0.2, 0) is 10.8 Å². The van der Waals surface area contributed by atoms with E-state index in [9.17, 15) is 4.21 Å². The lowest BCUT2D eigenvalue weighted by molar-refractivity contribution is 0.693. The summed E-state index contributed by atoms with van der Waals surface area (Å²) < 4.78 is 10.1. The van der Waals surface area contributed by atoms with Gasteiger partial charge in [-0.3, -0.25) is 4.21 Å². The lowest BCUT2D eigenvalue weighted by Crippen LogP contribution is -1.67. The highest BCUT2D eigenvalue weighted by atomic mass is 32.2. The van der Waals surface area contributed by atoms with E-state index in [1.807, 2.05) is 0 Å². The summed E-state index contributed by atoms with van der Waals surface area (Å²) in [4.78, 5) is 0. The molecule has 0 unspecified atom stereocenters. The number of hydrogen-bond acceptors (Lipinski definition) is 1. The van der Waals surface area contributed by atoms with Gasteiger partial charge in [0, 0.05) is 0 Å². The van der Waals surface area contributed by atoms with E-state index in [1.54, 1.807) is 0 Å². The summed E-state index contributed by atoms with van der Waals surface area (Å²) >= 11 is 0. The highest BCUT2D eigenvalue weighted by Gasteiger charge is 1.72. The van der Waals surface area contributed by atoms with Gasteiger partial charge in [0.1, 0.15) is 0 Å². The van der Waals surface area contributed by atoms with Gasteiger partial charge in [0.05, 0.1) is 10.8 Å². The molecule has 0 atom stereocenters. The number of rotatable bonds is 2. The molecule has 6 heavy (non-hydrogen) atoms. The smallest absolute Gasteiger partial charge is 0.0690 e. The van der Waals surface area contributed by atoms with Gasteiger partial charge in [-0.05, 0) is 10.8 Å². The van der Waals surface area contributed by atoms with Crippen molar-refractivity contribution < 1.29 is 4.21 Å². The van der Waals surface area contributed by atoms with E-state index in [-0.39, 0.29) is 0 Å². The van der Waals surface area contributed by atoms with Crippen molar-refractivity contribution in [2.45, 2.75) is 0 Å². The van der Waals surface area contributed by atoms with Crippen molar-refractivity contribution in [2.75, 3.05) is 0 Å². The maximum absolute atomic E-state index is 10.1. The Labute approximate surface area is 39.8 Å². The maximum atomic E-state index is 10.1. The first kappa shape index (κ1) is 5.63. The third-order valence-electron chi connectivity index (χ3n) is 0.329. The van der Waals surface area contributed by atoms with E-state index in [1.165, 1.54) is 10.8 Å². The Bertz CT molecular complexity index is 75.5. The van der Waals surface area contributed by atoms with Crippen LogP contribution in [-0.4, -0.2) is 4.21 Å². The van der Waals surface area contributed by atoms with Gasteiger partial charge in [-0.15, -0.1) is 0 Å². The zero-order chi connectivity index (χ0) is 4.99. The Morgan fingerprint density at radius 2 is 1.67 bits per heavy atom. The molecule has 0 saturated carbocycles. The summed E-state index contributed by atoms with van der Waals surface area (Å²) in [6.07, 6.45) is 0. The van der Waals surface area contributed by atoms with Gasteiger partial charge in [-0.1, -0.05) is 13.2 Å². The van der Waals surface area contributed by atoms with E-state index >= 15 is 0 Å². The predicted molar refractivity (Wildman–Crippen MR) is 28.5 cm³/mol. The van der Waals surface area contributed by atoms with E-state index in [0.717, 1.165) is 0 Å². The fourth-order valence-electron chi connectivity index (χ4n) is 0.0680. The van der Waals surface area contributed by atoms with Crippen LogP contribution < -0.4 is 0 Å². The number of hydrogen-bond donors (Lipinski definition) is 0. The monoisotopic (exact) mass is 106 g/mol. The molecule has 0 aromatic heterocycles. The van der Waals surface area contributed by atoms with Gasteiger partial charge in [0.25, 0.3) is 0 Å². The fourth-order valence-corrected chi connectivity index (χ4v) is 0.204. The predicted octanol–water partition coefficient (Wildman–Crippen LogP) is 1.02. The lowest BCUT2D eigenvalue weighted by Gasteiger charge is -1.71. The average molecular weight is 106 g/mol. The van der Waals surface area contributed by atoms with Gasteiger partial charge in [-0.2, -0.15) is 0 Å². The zero-order valence-electron chi connectivity index (χ0n) is 3.39. The van der Waals surface area contributed by atoms with E-state index in [0.29, 0.717) is 0 Å². The Hall–Kier alpha value is -0.370. The summed E-state index contributed by atoms with van der Waals surface area (Å²) in [5, 5.41) is 2.65. The topological polar surface area (TPSA) is 17.1 Å². The third kappa shape index (κ3) is 1.91. The van der Waals surface area contributed by atoms with Crippen LogP contribution in [0.1, 0.15) is 0 Å². The molecule has 0 rings (SSSR count). The molecule has 0 aliphatic carbocycles. The quantitative estimate of drug-likeness (QED) is 0.480. The van der Waals surface area contributed by atoms with Crippen molar-refractivity contribution in [1.82, 2.24) is 0 Å². The summed E-state index contributed by atoms with van der Waals surface area (Å²) in [5.41, 5.74) is 0. The lowest BCUT2D eigenvalue weighted by atomic mass is 12.2. The van der Waals surface area contributed by atoms with Crippen LogP contribution in [0.25, 0.3) is 0 Å². The van der Waals surface area contributed by atoms with Crippen LogP contribution in [0.3, 0.4) is 0 Å². The average Bonchev–Trinajstić information content (AvgIpc) is 1.65. The summed E-state index contributed by atoms with van der Waals surface area (Å²) in [5.74, 6) is 0. The summed E-state index contributed by atoms with van der Waals surface area (Å²) in [7, 11) is -1.01. The molecule has 0 amide bonds. The largest absolute Gasteiger partial charge is 0.250 e. The Kier molecular flexibility index (Phi) is 2.67. The first-order valence-corrected chi connectivity index (χ1v) is 2.73. The van der Waals surface area contributed by atoms with Crippen LogP contribution in [0.4, 0.5) is 0 Å². The fraction of sp³-hybridized carbons (Fsp3) is 0. The summed E-state index contributed by atoms with van der Waals surface area (Å²) in [6.45, 7) is 6.52. The van der Waals surface area contributed by atoms with Crippen LogP contribution in [0.15, 0.2) is 24.0 Å². The second-order valence-electron chi connectivity index (χ2n) is 0.662. The molecule has 34 valence electrons. The molecule has 0 aromatic carbocycles. The molecular formula is C4H6OS. The Balaban J connectivity index is 3.52. The van der Waals surface area contributed by atoms with Crippen molar-refractivity contribution in [3.63, 3.8) is 0 Å². The zero-order valence-corrected chi connectivity index (χ0v) is 4.20. The third-order valence-corrected chi connectivity index (χ3v) is 0.986. The Morgan fingerprint density at radius 3 is 1.67 bits per heavy atom. The molecule has 0 spiro atoms. The second-order valence-corrected chi connectivity index (χ2v) is 1.99. The minimum atomic E-state index is -1.01. The molecule has 0 N–H and O–H groups in total. The molecule has 0 fully saturated rings. The van der Waals surface area contributed by atoms with Crippen LogP contribution in [0.5, 0.6) is 0 Å². The maximum Gasteiger partial charge on any atom is 0.0690 e. The van der Waals surface area contributed by atoms with Crippen LogP contribution >= 0.6 is 0 Å². The minimum Gasteiger partial charge on any atom is -0.250 e. The molecule has 0 radical (unpaired) electrons. The van der Waals surface area contributed by atoms with Gasteiger partial charge < -0.3 is 0 Å². The molecule has 0 saturated heterocycles. The van der Waals surface area contributed by atoms with Crippen molar-refractivity contribution in [3.05, 3.63) is 24.0 Å². The van der Waals surface area contributed by atoms with Gasteiger partial charge in [0.2, 0.25) is 0 Å². The highest BCUT2D eigenvalue weighted by molar-refractivity contribution is 7.90. The van der Waals surface area contributed by atoms with E-state index < -0.39 is 10.8 Å². The normalized spacial score (nSPS) is 8.17. The molecule has 0 aliphatic rings. The molecule has 0 bridgehead atoms. The van der Waals surface area contributed by atoms with Crippen molar-refractivity contribution in [2.24, 2.45) is 0 Å². The second kappa shape index (κ2) is 2.85. The molecule has 0 aromatic rings. The van der Waals surface area contributed by atoms with Crippen LogP contribution in [0, 0.1) is 0 Å². The van der Waals surface area contributed by atoms with Gasteiger partial charge >= 0.3 is 0 Å². The highest BCUT2D eigenvalue weighted by Crippen LogP contribution is 1.77. The van der Waals surface area contributed by atoms with Gasteiger partial charge in [-0.25, -0.2) is 0 Å². The van der Waals surface area contributed by atoms with Gasteiger partial charge in [0.15, 0.2) is 0 Å². The molecule has 2 heteroatoms. The van der Waals surface area contributed by atoms with Crippen LogP contribution in [0.2, 0.25) is 0 Å². The first-order valence-electron chi connectivity index (χ1n) is 1.45.